The summed E-state index contributed by atoms with van der Waals surface area (Å²) in [4.78, 5) is 28.9. The van der Waals surface area contributed by atoms with Crippen molar-refractivity contribution in [3.8, 4) is 0 Å². The van der Waals surface area contributed by atoms with Gasteiger partial charge in [-0.05, 0) is 46.6 Å². The predicted octanol–water partition coefficient (Wildman–Crippen LogP) is 3.01. The molecule has 0 aliphatic rings. The average molecular weight is 361 g/mol. The standard InChI is InChI=1S/C18H27N5O3/c1-8-26-17(25)21-20-16(24)12-9-13(10(2)3)19-15-14(12)11(4)22-23(15)18(5,6)7/h9-10H,8H2,1-7H3,(H,20,24)(H,21,25). The Morgan fingerprint density at radius 1 is 1.27 bits per heavy atom. The Hall–Kier alpha value is -2.64. The molecule has 0 aliphatic heterocycles. The van der Waals surface area contributed by atoms with Gasteiger partial charge >= 0.3 is 6.09 Å². The number of hydrazine groups is 1. The molecule has 0 unspecified atom stereocenters. The van der Waals surface area contributed by atoms with E-state index in [2.05, 4.69) is 16.0 Å². The van der Waals surface area contributed by atoms with E-state index in [0.717, 1.165) is 5.69 Å². The number of amides is 2. The minimum Gasteiger partial charge on any atom is -0.449 e. The van der Waals surface area contributed by atoms with Crippen molar-refractivity contribution in [1.82, 2.24) is 25.6 Å². The molecule has 0 aromatic carbocycles. The number of hydrogen-bond acceptors (Lipinski definition) is 5. The van der Waals surface area contributed by atoms with Crippen molar-refractivity contribution in [2.75, 3.05) is 6.61 Å². The van der Waals surface area contributed by atoms with Gasteiger partial charge in [0.2, 0.25) is 0 Å². The van der Waals surface area contributed by atoms with Crippen molar-refractivity contribution >= 4 is 23.0 Å². The second kappa shape index (κ2) is 7.31. The van der Waals surface area contributed by atoms with Crippen molar-refractivity contribution in [2.24, 2.45) is 0 Å². The van der Waals surface area contributed by atoms with Crippen LogP contribution in [0.2, 0.25) is 0 Å². The number of aryl methyl sites for hydroxylation is 1. The van der Waals surface area contributed by atoms with E-state index in [9.17, 15) is 9.59 Å². The van der Waals surface area contributed by atoms with Crippen LogP contribution in [0.3, 0.4) is 0 Å². The molecule has 0 spiro atoms. The smallest absolute Gasteiger partial charge is 0.426 e. The van der Waals surface area contributed by atoms with Crippen molar-refractivity contribution in [3.63, 3.8) is 0 Å². The molecule has 2 heterocycles. The molecule has 26 heavy (non-hydrogen) atoms. The van der Waals surface area contributed by atoms with Crippen molar-refractivity contribution in [1.29, 1.82) is 0 Å². The maximum Gasteiger partial charge on any atom is 0.426 e. The third-order valence-corrected chi connectivity index (χ3v) is 3.86. The summed E-state index contributed by atoms with van der Waals surface area (Å²) >= 11 is 0. The van der Waals surface area contributed by atoms with Crippen LogP contribution in [-0.2, 0) is 10.3 Å². The Labute approximate surface area is 153 Å². The van der Waals surface area contributed by atoms with Crippen LogP contribution in [0.4, 0.5) is 4.79 Å². The second-order valence-electron chi connectivity index (χ2n) is 7.42. The summed E-state index contributed by atoms with van der Waals surface area (Å²) in [5, 5.41) is 5.26. The predicted molar refractivity (Wildman–Crippen MR) is 99.0 cm³/mol. The molecule has 2 N–H and O–H groups in total. The fourth-order valence-corrected chi connectivity index (χ4v) is 2.59. The number of hydrogen-bond donors (Lipinski definition) is 2. The van der Waals surface area contributed by atoms with Crippen molar-refractivity contribution in [3.05, 3.63) is 23.0 Å². The molecule has 0 bridgehead atoms. The zero-order chi connectivity index (χ0) is 19.6. The maximum atomic E-state index is 12.7. The first-order valence-electron chi connectivity index (χ1n) is 8.70. The van der Waals surface area contributed by atoms with E-state index >= 15 is 0 Å². The highest BCUT2D eigenvalue weighted by Gasteiger charge is 2.25. The second-order valence-corrected chi connectivity index (χ2v) is 7.42. The van der Waals surface area contributed by atoms with Gasteiger partial charge in [0, 0.05) is 5.69 Å². The number of carbonyl (C=O) groups excluding carboxylic acids is 2. The van der Waals surface area contributed by atoms with Gasteiger partial charge in [-0.15, -0.1) is 0 Å². The minimum absolute atomic E-state index is 0.132. The first kappa shape index (κ1) is 19.7. The highest BCUT2D eigenvalue weighted by atomic mass is 16.5. The molecule has 0 saturated carbocycles. The summed E-state index contributed by atoms with van der Waals surface area (Å²) in [7, 11) is 0. The molecule has 8 nitrogen and oxygen atoms in total. The molecule has 142 valence electrons. The molecule has 2 aromatic heterocycles. The van der Waals surface area contributed by atoms with Crippen molar-refractivity contribution in [2.45, 2.75) is 59.9 Å². The lowest BCUT2D eigenvalue weighted by Gasteiger charge is -2.20. The van der Waals surface area contributed by atoms with Gasteiger partial charge in [-0.3, -0.25) is 10.2 Å². The summed E-state index contributed by atoms with van der Waals surface area (Å²) in [6.45, 7) is 13.9. The zero-order valence-corrected chi connectivity index (χ0v) is 16.4. The molecular weight excluding hydrogens is 334 g/mol. The van der Waals surface area contributed by atoms with Crippen LogP contribution in [0.5, 0.6) is 0 Å². The summed E-state index contributed by atoms with van der Waals surface area (Å²) in [6.07, 6.45) is -0.711. The van der Waals surface area contributed by atoms with Crippen LogP contribution >= 0.6 is 0 Å². The molecular formula is C18H27N5O3. The van der Waals surface area contributed by atoms with Gasteiger partial charge in [0.05, 0.1) is 28.8 Å². The number of nitrogens with one attached hydrogen (secondary N) is 2. The van der Waals surface area contributed by atoms with Gasteiger partial charge in [-0.2, -0.15) is 5.10 Å². The number of ether oxygens (including phenoxy) is 1. The fraction of sp³-hybridized carbons (Fsp3) is 0.556. The number of pyridine rings is 1. The Morgan fingerprint density at radius 3 is 2.46 bits per heavy atom. The van der Waals surface area contributed by atoms with Crippen LogP contribution in [0, 0.1) is 6.92 Å². The van der Waals surface area contributed by atoms with Crippen LogP contribution in [-0.4, -0.2) is 33.4 Å². The minimum atomic E-state index is -0.711. The van der Waals surface area contributed by atoms with E-state index in [4.69, 9.17) is 9.72 Å². The summed E-state index contributed by atoms with van der Waals surface area (Å²) < 4.78 is 6.59. The molecule has 2 aromatic rings. The molecule has 0 atom stereocenters. The molecule has 0 radical (unpaired) electrons. The van der Waals surface area contributed by atoms with Gasteiger partial charge in [0.15, 0.2) is 5.65 Å². The van der Waals surface area contributed by atoms with Gasteiger partial charge in [-0.1, -0.05) is 13.8 Å². The Morgan fingerprint density at radius 2 is 1.92 bits per heavy atom. The number of aromatic nitrogens is 3. The summed E-state index contributed by atoms with van der Waals surface area (Å²) in [6, 6.07) is 1.75. The third-order valence-electron chi connectivity index (χ3n) is 3.86. The molecule has 0 fully saturated rings. The van der Waals surface area contributed by atoms with E-state index in [1.807, 2.05) is 46.2 Å². The molecule has 0 saturated heterocycles. The lowest BCUT2D eigenvalue weighted by atomic mass is 10.0. The van der Waals surface area contributed by atoms with Gasteiger partial charge in [0.25, 0.3) is 5.91 Å². The fourth-order valence-electron chi connectivity index (χ4n) is 2.59. The third kappa shape index (κ3) is 3.95. The Balaban J connectivity index is 2.55. The normalized spacial score (nSPS) is 11.7. The van der Waals surface area contributed by atoms with E-state index in [1.165, 1.54) is 0 Å². The Kier molecular flexibility index (Phi) is 5.53. The number of rotatable bonds is 3. The molecule has 2 amide bonds. The largest absolute Gasteiger partial charge is 0.449 e. The first-order chi connectivity index (χ1) is 12.1. The molecule has 2 rings (SSSR count). The quantitative estimate of drug-likeness (QED) is 0.819. The van der Waals surface area contributed by atoms with Crippen LogP contribution in [0.25, 0.3) is 11.0 Å². The van der Waals surface area contributed by atoms with Crippen molar-refractivity contribution < 1.29 is 14.3 Å². The van der Waals surface area contributed by atoms with Crippen LogP contribution in [0.1, 0.15) is 69.2 Å². The number of nitrogens with zero attached hydrogens (tertiary/aromatic N) is 3. The lowest BCUT2D eigenvalue weighted by molar-refractivity contribution is 0.0914. The summed E-state index contributed by atoms with van der Waals surface area (Å²) in [5.74, 6) is -0.309. The lowest BCUT2D eigenvalue weighted by Crippen LogP contribution is -2.42. The highest BCUT2D eigenvalue weighted by molar-refractivity contribution is 6.06. The monoisotopic (exact) mass is 361 g/mol. The maximum absolute atomic E-state index is 12.7. The summed E-state index contributed by atoms with van der Waals surface area (Å²) in [5.41, 5.74) is 6.91. The molecule has 0 aliphatic carbocycles. The van der Waals surface area contributed by atoms with E-state index < -0.39 is 12.0 Å². The van der Waals surface area contributed by atoms with E-state index in [-0.39, 0.29) is 18.1 Å². The van der Waals surface area contributed by atoms with E-state index in [1.54, 1.807) is 13.0 Å². The van der Waals surface area contributed by atoms with Gasteiger partial charge in [-0.25, -0.2) is 19.9 Å². The average Bonchev–Trinajstić information content (AvgIpc) is 2.89. The van der Waals surface area contributed by atoms with Crippen LogP contribution < -0.4 is 10.9 Å². The topological polar surface area (TPSA) is 98.1 Å². The molecule has 8 heteroatoms. The number of carbonyl (C=O) groups is 2. The van der Waals surface area contributed by atoms with Crippen LogP contribution in [0.15, 0.2) is 6.07 Å². The van der Waals surface area contributed by atoms with E-state index in [0.29, 0.717) is 22.3 Å². The number of fused-ring (bicyclic) bond motifs is 1. The Bertz CT molecular complexity index is 833. The zero-order valence-electron chi connectivity index (χ0n) is 16.4. The highest BCUT2D eigenvalue weighted by Crippen LogP contribution is 2.28. The van der Waals surface area contributed by atoms with Gasteiger partial charge < -0.3 is 4.74 Å². The van der Waals surface area contributed by atoms with Gasteiger partial charge in [0.1, 0.15) is 0 Å². The SMILES string of the molecule is CCOC(=O)NNC(=O)c1cc(C(C)C)nc2c1c(C)nn2C(C)(C)C. The first-order valence-corrected chi connectivity index (χ1v) is 8.70.